The van der Waals surface area contributed by atoms with Gasteiger partial charge in [0.15, 0.2) is 10.3 Å². The maximum Gasteiger partial charge on any atom is 0.230 e. The van der Waals surface area contributed by atoms with Gasteiger partial charge in [0.2, 0.25) is 5.91 Å². The lowest BCUT2D eigenvalue weighted by Gasteiger charge is -2.05. The molecule has 9 heteroatoms. The van der Waals surface area contributed by atoms with Gasteiger partial charge in [-0.1, -0.05) is 40.9 Å². The quantitative estimate of drug-likeness (QED) is 0.268. The molecule has 0 aliphatic rings. The van der Waals surface area contributed by atoms with E-state index in [0.29, 0.717) is 22.6 Å². The minimum Gasteiger partial charge on any atom is -0.494 e. The molecule has 0 aliphatic carbocycles. The summed E-state index contributed by atoms with van der Waals surface area (Å²) < 4.78 is 20.0. The molecule has 2 aromatic heterocycles. The Balaban J connectivity index is 1.42. The molecule has 0 atom stereocenters. The minimum atomic E-state index is -0.311. The van der Waals surface area contributed by atoms with Crippen molar-refractivity contribution in [1.82, 2.24) is 9.97 Å². The maximum absolute atomic E-state index is 13.5. The molecular formula is C26H21FN4O2S2. The van der Waals surface area contributed by atoms with Crippen molar-refractivity contribution < 1.29 is 13.9 Å². The summed E-state index contributed by atoms with van der Waals surface area (Å²) in [5, 5.41) is 3.89. The van der Waals surface area contributed by atoms with Crippen LogP contribution in [0.4, 0.5) is 14.7 Å². The number of nitrogen functional groups attached to an aromatic ring is 1. The lowest BCUT2D eigenvalue weighted by atomic mass is 10.1. The van der Waals surface area contributed by atoms with Gasteiger partial charge in [0, 0.05) is 5.56 Å². The molecule has 0 radical (unpaired) electrons. The van der Waals surface area contributed by atoms with Gasteiger partial charge >= 0.3 is 0 Å². The Morgan fingerprint density at radius 2 is 1.74 bits per heavy atom. The van der Waals surface area contributed by atoms with Crippen LogP contribution in [0.25, 0.3) is 31.9 Å². The highest BCUT2D eigenvalue weighted by molar-refractivity contribution is 7.22. The molecule has 5 aromatic rings. The second-order valence-corrected chi connectivity index (χ2v) is 9.80. The monoisotopic (exact) mass is 504 g/mol. The predicted molar refractivity (Wildman–Crippen MR) is 140 cm³/mol. The first kappa shape index (κ1) is 22.9. The third-order valence-electron chi connectivity index (χ3n) is 5.25. The van der Waals surface area contributed by atoms with E-state index in [0.717, 1.165) is 37.5 Å². The molecule has 0 bridgehead atoms. The van der Waals surface area contributed by atoms with Crippen LogP contribution in [0.5, 0.6) is 5.75 Å². The summed E-state index contributed by atoms with van der Waals surface area (Å²) >= 11 is 2.74. The van der Waals surface area contributed by atoms with Gasteiger partial charge in [-0.05, 0) is 66.6 Å². The molecule has 3 N–H and O–H groups in total. The van der Waals surface area contributed by atoms with E-state index in [1.807, 2.05) is 49.4 Å². The number of fused-ring (bicyclic) bond motifs is 1. The average Bonchev–Trinajstić information content (AvgIpc) is 3.42. The molecule has 0 spiro atoms. The second kappa shape index (κ2) is 9.81. The van der Waals surface area contributed by atoms with E-state index in [1.165, 1.54) is 34.8 Å². The molecule has 0 saturated heterocycles. The number of hydrogen-bond acceptors (Lipinski definition) is 7. The standard InChI is InChI=1S/C26H21FN4O2S2/c1-2-33-19-10-6-16(7-11-19)23-24(17-4-8-18(27)9-5-17)35-26(31-23)30-22(32)14-15-3-12-20-21(13-15)34-25(28)29-20/h3-13H,2,14H2,1H3,(H2,28,29)(H,30,31,32). The number of benzene rings is 3. The smallest absolute Gasteiger partial charge is 0.230 e. The van der Waals surface area contributed by atoms with Gasteiger partial charge < -0.3 is 15.8 Å². The number of ether oxygens (including phenoxy) is 1. The lowest BCUT2D eigenvalue weighted by molar-refractivity contribution is -0.115. The first-order valence-corrected chi connectivity index (χ1v) is 12.6. The molecule has 35 heavy (non-hydrogen) atoms. The Morgan fingerprint density at radius 3 is 2.49 bits per heavy atom. The largest absolute Gasteiger partial charge is 0.494 e. The van der Waals surface area contributed by atoms with Crippen molar-refractivity contribution in [2.24, 2.45) is 0 Å². The summed E-state index contributed by atoms with van der Waals surface area (Å²) in [7, 11) is 0. The molecule has 0 aliphatic heterocycles. The van der Waals surface area contributed by atoms with Crippen molar-refractivity contribution in [2.45, 2.75) is 13.3 Å². The van der Waals surface area contributed by atoms with E-state index >= 15 is 0 Å². The van der Waals surface area contributed by atoms with Crippen LogP contribution in [0.2, 0.25) is 0 Å². The van der Waals surface area contributed by atoms with Crippen molar-refractivity contribution in [1.29, 1.82) is 0 Å². The molecule has 6 nitrogen and oxygen atoms in total. The number of nitrogens with zero attached hydrogens (tertiary/aromatic N) is 2. The topological polar surface area (TPSA) is 90.1 Å². The van der Waals surface area contributed by atoms with Crippen molar-refractivity contribution in [3.63, 3.8) is 0 Å². The zero-order valence-electron chi connectivity index (χ0n) is 18.7. The zero-order valence-corrected chi connectivity index (χ0v) is 20.4. The first-order chi connectivity index (χ1) is 17.0. The van der Waals surface area contributed by atoms with E-state index in [-0.39, 0.29) is 18.1 Å². The van der Waals surface area contributed by atoms with Crippen LogP contribution in [0.3, 0.4) is 0 Å². The van der Waals surface area contributed by atoms with Crippen LogP contribution in [-0.4, -0.2) is 22.5 Å². The van der Waals surface area contributed by atoms with Gasteiger partial charge in [-0.15, -0.1) is 0 Å². The normalized spacial score (nSPS) is 11.0. The second-order valence-electron chi connectivity index (χ2n) is 7.74. The first-order valence-electron chi connectivity index (χ1n) is 10.9. The molecule has 5 rings (SSSR count). The van der Waals surface area contributed by atoms with Gasteiger partial charge in [0.25, 0.3) is 0 Å². The third kappa shape index (κ3) is 5.16. The highest BCUT2D eigenvalue weighted by atomic mass is 32.1. The Labute approximate surface area is 209 Å². The van der Waals surface area contributed by atoms with Crippen LogP contribution in [0, 0.1) is 5.82 Å². The minimum absolute atomic E-state index is 0.181. The van der Waals surface area contributed by atoms with Gasteiger partial charge in [-0.25, -0.2) is 14.4 Å². The van der Waals surface area contributed by atoms with Crippen LogP contribution in [0.15, 0.2) is 66.7 Å². The van der Waals surface area contributed by atoms with Gasteiger partial charge in [0.1, 0.15) is 11.6 Å². The molecule has 0 saturated carbocycles. The third-order valence-corrected chi connectivity index (χ3v) is 7.12. The summed E-state index contributed by atoms with van der Waals surface area (Å²) in [6.45, 7) is 2.51. The lowest BCUT2D eigenvalue weighted by Crippen LogP contribution is -2.14. The van der Waals surface area contributed by atoms with Crippen molar-refractivity contribution in [3.8, 4) is 27.4 Å². The fraction of sp³-hybridized carbons (Fsp3) is 0.115. The Morgan fingerprint density at radius 1 is 1.00 bits per heavy atom. The van der Waals surface area contributed by atoms with E-state index < -0.39 is 0 Å². The zero-order chi connectivity index (χ0) is 24.4. The van der Waals surface area contributed by atoms with Gasteiger partial charge in [0.05, 0.1) is 33.8 Å². The maximum atomic E-state index is 13.5. The van der Waals surface area contributed by atoms with Crippen molar-refractivity contribution in [3.05, 3.63) is 78.1 Å². The molecule has 3 aromatic carbocycles. The van der Waals surface area contributed by atoms with E-state index in [2.05, 4.69) is 10.3 Å². The van der Waals surface area contributed by atoms with Crippen LogP contribution in [-0.2, 0) is 11.2 Å². The van der Waals surface area contributed by atoms with Crippen LogP contribution >= 0.6 is 22.7 Å². The summed E-state index contributed by atoms with van der Waals surface area (Å²) in [6, 6.07) is 19.5. The number of carbonyl (C=O) groups excluding carboxylic acids is 1. The number of anilines is 2. The number of nitrogens with one attached hydrogen (secondary N) is 1. The van der Waals surface area contributed by atoms with Gasteiger partial charge in [-0.2, -0.15) is 0 Å². The summed E-state index contributed by atoms with van der Waals surface area (Å²) in [5.74, 6) is 0.275. The molecule has 176 valence electrons. The molecule has 2 heterocycles. The van der Waals surface area contributed by atoms with E-state index in [4.69, 9.17) is 15.5 Å². The summed E-state index contributed by atoms with van der Waals surface area (Å²) in [6.07, 6.45) is 0.192. The van der Waals surface area contributed by atoms with Crippen LogP contribution < -0.4 is 15.8 Å². The fourth-order valence-electron chi connectivity index (χ4n) is 3.69. The highest BCUT2D eigenvalue weighted by Gasteiger charge is 2.17. The Bertz CT molecular complexity index is 1490. The number of carbonyl (C=O) groups is 1. The average molecular weight is 505 g/mol. The van der Waals surface area contributed by atoms with Crippen molar-refractivity contribution in [2.75, 3.05) is 17.7 Å². The fourth-order valence-corrected chi connectivity index (χ4v) is 5.49. The van der Waals surface area contributed by atoms with E-state index in [9.17, 15) is 9.18 Å². The highest BCUT2D eigenvalue weighted by Crippen LogP contribution is 2.39. The number of nitrogens with two attached hydrogens (primary N) is 1. The summed E-state index contributed by atoms with van der Waals surface area (Å²) in [4.78, 5) is 22.6. The van der Waals surface area contributed by atoms with E-state index in [1.54, 1.807) is 12.1 Å². The van der Waals surface area contributed by atoms with Crippen LogP contribution in [0.1, 0.15) is 12.5 Å². The number of rotatable bonds is 7. The van der Waals surface area contributed by atoms with Gasteiger partial charge in [-0.3, -0.25) is 4.79 Å². The SMILES string of the molecule is CCOc1ccc(-c2nc(NC(=O)Cc3ccc4nc(N)sc4c3)sc2-c2ccc(F)cc2)cc1. The number of thiazole rings is 2. The number of hydrogen-bond donors (Lipinski definition) is 2. The Hall–Kier alpha value is -3.82. The number of halogens is 1. The number of amides is 1. The molecular weight excluding hydrogens is 483 g/mol. The van der Waals surface area contributed by atoms with Crippen molar-refractivity contribution >= 4 is 49.1 Å². The Kier molecular flexibility index (Phi) is 6.43. The molecule has 0 unspecified atom stereocenters. The number of aromatic nitrogens is 2. The molecule has 1 amide bonds. The molecule has 0 fully saturated rings. The summed E-state index contributed by atoms with van der Waals surface area (Å²) in [5.41, 5.74) is 9.87. The predicted octanol–water partition coefficient (Wildman–Crippen LogP) is 6.39.